The van der Waals surface area contributed by atoms with Crippen molar-refractivity contribution in [2.24, 2.45) is 0 Å². The predicted octanol–water partition coefficient (Wildman–Crippen LogP) is 11.1. The minimum Gasteiger partial charge on any atom is -0.494 e. The molecule has 0 amide bonds. The number of halogens is 3. The van der Waals surface area contributed by atoms with Crippen LogP contribution in [0.15, 0.2) is 66.7 Å². The van der Waals surface area contributed by atoms with Gasteiger partial charge in [0, 0.05) is 12.0 Å². The Morgan fingerprint density at radius 1 is 0.667 bits per heavy atom. The molecule has 39 heavy (non-hydrogen) atoms. The number of alkyl halides is 3. The molecule has 0 aliphatic rings. The highest BCUT2D eigenvalue weighted by atomic mass is 19.4. The summed E-state index contributed by atoms with van der Waals surface area (Å²) in [5, 5.41) is 0. The normalized spacial score (nSPS) is 11.2. The lowest BCUT2D eigenvalue weighted by atomic mass is 9.92. The van der Waals surface area contributed by atoms with Gasteiger partial charge in [-0.2, -0.15) is 13.2 Å². The molecule has 0 fully saturated rings. The third-order valence-electron chi connectivity index (χ3n) is 6.86. The minimum atomic E-state index is -4.49. The van der Waals surface area contributed by atoms with Crippen molar-refractivity contribution in [2.45, 2.75) is 90.7 Å². The summed E-state index contributed by atoms with van der Waals surface area (Å²) in [6, 6.07) is 19.9. The smallest absolute Gasteiger partial charge is 0.417 e. The monoisotopic (exact) mass is 534 g/mol. The van der Waals surface area contributed by atoms with Gasteiger partial charge in [-0.05, 0) is 59.4 Å². The Kier molecular flexibility index (Phi) is 12.5. The van der Waals surface area contributed by atoms with Gasteiger partial charge in [0.15, 0.2) is 0 Å². The van der Waals surface area contributed by atoms with Crippen LogP contribution in [-0.4, -0.2) is 6.61 Å². The van der Waals surface area contributed by atoms with Crippen LogP contribution >= 0.6 is 0 Å². The lowest BCUT2D eigenvalue weighted by Gasteiger charge is -2.16. The first kappa shape index (κ1) is 30.4. The van der Waals surface area contributed by atoms with Gasteiger partial charge in [-0.15, -0.1) is 0 Å². The third kappa shape index (κ3) is 9.81. The Labute approximate surface area is 232 Å². The van der Waals surface area contributed by atoms with E-state index in [1.165, 1.54) is 37.8 Å². The van der Waals surface area contributed by atoms with E-state index in [-0.39, 0.29) is 5.56 Å². The molecule has 0 aliphatic heterocycles. The van der Waals surface area contributed by atoms with E-state index in [2.05, 4.69) is 25.7 Å². The Balaban J connectivity index is 1.86. The van der Waals surface area contributed by atoms with Crippen molar-refractivity contribution in [3.63, 3.8) is 0 Å². The molecular formula is C35H41F3O. The topological polar surface area (TPSA) is 9.23 Å². The summed E-state index contributed by atoms with van der Waals surface area (Å²) in [4.78, 5) is 0. The van der Waals surface area contributed by atoms with E-state index in [0.29, 0.717) is 18.6 Å². The van der Waals surface area contributed by atoms with Crippen LogP contribution in [0.5, 0.6) is 5.75 Å². The van der Waals surface area contributed by atoms with Crippen molar-refractivity contribution in [3.8, 4) is 39.8 Å². The van der Waals surface area contributed by atoms with Crippen LogP contribution in [0.1, 0.15) is 95.6 Å². The molecule has 0 heterocycles. The Bertz CT molecular complexity index is 1200. The lowest BCUT2D eigenvalue weighted by Crippen LogP contribution is -2.08. The molecule has 1 nitrogen and oxygen atoms in total. The standard InChI is InChI=1S/C35H41F3O/c1-3-5-7-9-11-14-20-29-21-22-30(26-34(29)35(36,37)38)32-24-23-31(39-25-17-12-10-8-6-4-2)27-33(32)28-18-15-13-16-19-28/h13,15-16,18-19,21-24,26-27H,3-12,17,25H2,1-2H3. The Hall–Kier alpha value is -3.19. The highest BCUT2D eigenvalue weighted by molar-refractivity contribution is 5.85. The predicted molar refractivity (Wildman–Crippen MR) is 157 cm³/mol. The number of rotatable bonds is 14. The minimum absolute atomic E-state index is 0.0295. The van der Waals surface area contributed by atoms with Gasteiger partial charge in [0.1, 0.15) is 5.75 Å². The fourth-order valence-corrected chi connectivity index (χ4v) is 4.65. The van der Waals surface area contributed by atoms with Gasteiger partial charge in [-0.3, -0.25) is 0 Å². The zero-order chi connectivity index (χ0) is 27.9. The molecule has 0 aliphatic carbocycles. The molecular weight excluding hydrogens is 493 g/mol. The number of hydrogen-bond acceptors (Lipinski definition) is 1. The summed E-state index contributed by atoms with van der Waals surface area (Å²) in [6.45, 7) is 4.97. The fraction of sp³-hybridized carbons (Fsp3) is 0.429. The van der Waals surface area contributed by atoms with Gasteiger partial charge in [0.05, 0.1) is 12.2 Å². The quantitative estimate of drug-likeness (QED) is 0.148. The maximum Gasteiger partial charge on any atom is 0.417 e. The molecule has 0 N–H and O–H groups in total. The first-order valence-electron chi connectivity index (χ1n) is 14.5. The maximum absolute atomic E-state index is 14.1. The van der Waals surface area contributed by atoms with Crippen molar-refractivity contribution in [2.75, 3.05) is 6.61 Å². The van der Waals surface area contributed by atoms with E-state index < -0.39 is 11.7 Å². The van der Waals surface area contributed by atoms with E-state index in [1.54, 1.807) is 6.07 Å². The van der Waals surface area contributed by atoms with Crippen LogP contribution in [0, 0.1) is 11.8 Å². The fourth-order valence-electron chi connectivity index (χ4n) is 4.65. The number of unbranched alkanes of at least 4 members (excludes halogenated alkanes) is 9. The van der Waals surface area contributed by atoms with Crippen molar-refractivity contribution < 1.29 is 17.9 Å². The average molecular weight is 535 g/mol. The summed E-state index contributed by atoms with van der Waals surface area (Å²) < 4.78 is 48.3. The Morgan fingerprint density at radius 3 is 2.08 bits per heavy atom. The molecule has 3 aromatic carbocycles. The molecule has 0 spiro atoms. The molecule has 0 radical (unpaired) electrons. The van der Waals surface area contributed by atoms with Crippen molar-refractivity contribution in [1.29, 1.82) is 0 Å². The van der Waals surface area contributed by atoms with Crippen LogP contribution < -0.4 is 4.74 Å². The van der Waals surface area contributed by atoms with Crippen molar-refractivity contribution in [1.82, 2.24) is 0 Å². The molecule has 3 aromatic rings. The second-order valence-electron chi connectivity index (χ2n) is 10.1. The van der Waals surface area contributed by atoms with E-state index >= 15 is 0 Å². The van der Waals surface area contributed by atoms with Gasteiger partial charge in [-0.1, -0.05) is 120 Å². The van der Waals surface area contributed by atoms with Gasteiger partial charge in [0.2, 0.25) is 0 Å². The number of benzene rings is 3. The summed E-state index contributed by atoms with van der Waals surface area (Å²) in [5.74, 6) is 6.46. The van der Waals surface area contributed by atoms with Gasteiger partial charge >= 0.3 is 6.18 Å². The summed E-state index contributed by atoms with van der Waals surface area (Å²) in [7, 11) is 0. The third-order valence-corrected chi connectivity index (χ3v) is 6.86. The molecule has 0 saturated carbocycles. The SMILES string of the molecule is CCCCCCC#Cc1ccc(-c2ccc(OCCCCCCCC)cc2-c2ccccc2)cc1C(F)(F)F. The van der Waals surface area contributed by atoms with Gasteiger partial charge in [-0.25, -0.2) is 0 Å². The van der Waals surface area contributed by atoms with Crippen LogP contribution in [0.4, 0.5) is 13.2 Å². The molecule has 4 heteroatoms. The van der Waals surface area contributed by atoms with Crippen LogP contribution in [0.2, 0.25) is 0 Å². The van der Waals surface area contributed by atoms with Crippen molar-refractivity contribution in [3.05, 3.63) is 77.9 Å². The first-order valence-corrected chi connectivity index (χ1v) is 14.5. The highest BCUT2D eigenvalue weighted by Crippen LogP contribution is 2.39. The lowest BCUT2D eigenvalue weighted by molar-refractivity contribution is -0.137. The van der Waals surface area contributed by atoms with Crippen LogP contribution in [0.25, 0.3) is 22.3 Å². The van der Waals surface area contributed by atoms with Crippen LogP contribution in [-0.2, 0) is 6.18 Å². The van der Waals surface area contributed by atoms with E-state index in [0.717, 1.165) is 61.0 Å². The second-order valence-corrected chi connectivity index (χ2v) is 10.1. The van der Waals surface area contributed by atoms with Gasteiger partial charge in [0.25, 0.3) is 0 Å². The summed E-state index contributed by atoms with van der Waals surface area (Å²) in [6.07, 6.45) is 7.41. The van der Waals surface area contributed by atoms with E-state index in [9.17, 15) is 13.2 Å². The number of ether oxygens (including phenoxy) is 1. The van der Waals surface area contributed by atoms with E-state index in [1.807, 2.05) is 48.5 Å². The number of hydrogen-bond donors (Lipinski definition) is 0. The summed E-state index contributed by atoms with van der Waals surface area (Å²) >= 11 is 0. The molecule has 0 atom stereocenters. The van der Waals surface area contributed by atoms with Crippen molar-refractivity contribution >= 4 is 0 Å². The zero-order valence-corrected chi connectivity index (χ0v) is 23.4. The molecule has 0 saturated heterocycles. The molecule has 0 bridgehead atoms. The highest BCUT2D eigenvalue weighted by Gasteiger charge is 2.33. The Morgan fingerprint density at radius 2 is 1.36 bits per heavy atom. The van der Waals surface area contributed by atoms with Gasteiger partial charge < -0.3 is 4.74 Å². The average Bonchev–Trinajstić information content (AvgIpc) is 2.94. The maximum atomic E-state index is 14.1. The first-order chi connectivity index (χ1) is 18.9. The summed E-state index contributed by atoms with van der Waals surface area (Å²) in [5.41, 5.74) is 2.36. The second kappa shape index (κ2) is 16.0. The molecule has 0 unspecified atom stereocenters. The van der Waals surface area contributed by atoms with E-state index in [4.69, 9.17) is 4.74 Å². The largest absolute Gasteiger partial charge is 0.494 e. The molecule has 3 rings (SSSR count). The molecule has 208 valence electrons. The zero-order valence-electron chi connectivity index (χ0n) is 23.4. The van der Waals surface area contributed by atoms with Crippen LogP contribution in [0.3, 0.4) is 0 Å². The molecule has 0 aromatic heterocycles.